The molecule has 0 spiro atoms. The van der Waals surface area contributed by atoms with Crippen LogP contribution in [-0.4, -0.2) is 67.5 Å². The van der Waals surface area contributed by atoms with Gasteiger partial charge in [0, 0.05) is 37.7 Å². The molecule has 3 aliphatic rings. The van der Waals surface area contributed by atoms with Crippen LogP contribution in [0.4, 0.5) is 0 Å². The van der Waals surface area contributed by atoms with E-state index in [4.69, 9.17) is 0 Å². The van der Waals surface area contributed by atoms with Crippen LogP contribution in [0.15, 0.2) is 30.6 Å². The first-order valence-electron chi connectivity index (χ1n) is 10.1. The van der Waals surface area contributed by atoms with Crippen molar-refractivity contribution < 1.29 is 9.59 Å². The van der Waals surface area contributed by atoms with E-state index in [1.54, 1.807) is 11.0 Å². The number of carbonyl (C=O) groups is 2. The van der Waals surface area contributed by atoms with Crippen molar-refractivity contribution in [2.24, 2.45) is 11.8 Å². The topological polar surface area (TPSA) is 84.2 Å². The highest BCUT2D eigenvalue weighted by atomic mass is 16.2. The molecule has 8 nitrogen and oxygen atoms in total. The molecule has 3 aliphatic heterocycles. The fraction of sp³-hybridized carbons (Fsp3) is 0.550. The van der Waals surface area contributed by atoms with Gasteiger partial charge in [-0.25, -0.2) is 4.68 Å². The molecule has 146 valence electrons. The minimum Gasteiger partial charge on any atom is -0.339 e. The molecule has 8 heteroatoms. The maximum Gasteiger partial charge on any atom is 0.253 e. The molecular formula is C20H24N6O2. The Bertz CT molecular complexity index is 865. The van der Waals surface area contributed by atoms with Crippen molar-refractivity contribution in [1.29, 1.82) is 0 Å². The van der Waals surface area contributed by atoms with Gasteiger partial charge < -0.3 is 9.80 Å². The van der Waals surface area contributed by atoms with Gasteiger partial charge >= 0.3 is 0 Å². The fourth-order valence-corrected chi connectivity index (χ4v) is 5.15. The average molecular weight is 380 g/mol. The van der Waals surface area contributed by atoms with Crippen molar-refractivity contribution >= 4 is 11.8 Å². The summed E-state index contributed by atoms with van der Waals surface area (Å²) in [6, 6.07) is 8.03. The van der Waals surface area contributed by atoms with Crippen molar-refractivity contribution in [3.8, 4) is 0 Å². The number of nitrogens with zero attached hydrogens (tertiary/aromatic N) is 6. The molecule has 3 saturated heterocycles. The highest BCUT2D eigenvalue weighted by Gasteiger charge is 2.44. The van der Waals surface area contributed by atoms with Crippen LogP contribution in [0, 0.1) is 11.8 Å². The van der Waals surface area contributed by atoms with Gasteiger partial charge in [0.25, 0.3) is 5.91 Å². The quantitative estimate of drug-likeness (QED) is 0.799. The highest BCUT2D eigenvalue weighted by molar-refractivity contribution is 5.94. The predicted octanol–water partition coefficient (Wildman–Crippen LogP) is 1.19. The lowest BCUT2D eigenvalue weighted by Gasteiger charge is -2.52. The van der Waals surface area contributed by atoms with E-state index < -0.39 is 0 Å². The zero-order valence-corrected chi connectivity index (χ0v) is 15.8. The van der Waals surface area contributed by atoms with Gasteiger partial charge in [0.2, 0.25) is 5.91 Å². The summed E-state index contributed by atoms with van der Waals surface area (Å²) < 4.78 is 1.65. The monoisotopic (exact) mass is 380 g/mol. The molecule has 5 rings (SSSR count). The molecule has 2 aromatic rings. The number of amides is 2. The van der Waals surface area contributed by atoms with E-state index in [2.05, 4.69) is 20.4 Å². The van der Waals surface area contributed by atoms with Gasteiger partial charge in [-0.3, -0.25) is 9.59 Å². The van der Waals surface area contributed by atoms with E-state index in [-0.39, 0.29) is 5.91 Å². The third kappa shape index (κ3) is 3.16. The summed E-state index contributed by atoms with van der Waals surface area (Å²) in [5, 5.41) is 11.1. The zero-order valence-electron chi connectivity index (χ0n) is 15.8. The molecule has 0 aliphatic carbocycles. The molecule has 28 heavy (non-hydrogen) atoms. The Hall–Kier alpha value is -2.77. The molecule has 4 heterocycles. The van der Waals surface area contributed by atoms with E-state index in [1.807, 2.05) is 29.2 Å². The number of rotatable bonds is 3. The van der Waals surface area contributed by atoms with Crippen LogP contribution in [-0.2, 0) is 11.3 Å². The lowest BCUT2D eigenvalue weighted by atomic mass is 9.76. The molecule has 3 unspecified atom stereocenters. The number of tetrazole rings is 1. The first-order chi connectivity index (χ1) is 13.7. The third-order valence-electron chi connectivity index (χ3n) is 6.40. The molecule has 1 aromatic carbocycles. The number of aromatic nitrogens is 4. The minimum atomic E-state index is 0.0965. The lowest BCUT2D eigenvalue weighted by molar-refractivity contribution is -0.144. The van der Waals surface area contributed by atoms with Crippen molar-refractivity contribution in [1.82, 2.24) is 30.0 Å². The molecule has 1 aromatic heterocycles. The second-order valence-corrected chi connectivity index (χ2v) is 8.28. The molecular weight excluding hydrogens is 356 g/mol. The Kier molecular flexibility index (Phi) is 4.33. The first-order valence-corrected chi connectivity index (χ1v) is 10.1. The second-order valence-electron chi connectivity index (χ2n) is 8.28. The van der Waals surface area contributed by atoms with Crippen LogP contribution in [0.2, 0.25) is 0 Å². The van der Waals surface area contributed by atoms with Crippen LogP contribution < -0.4 is 0 Å². The van der Waals surface area contributed by atoms with Crippen molar-refractivity contribution in [3.63, 3.8) is 0 Å². The summed E-state index contributed by atoms with van der Waals surface area (Å²) in [7, 11) is 0. The van der Waals surface area contributed by atoms with Gasteiger partial charge in [0.1, 0.15) is 6.33 Å². The maximum absolute atomic E-state index is 13.1. The molecule has 3 atom stereocenters. The Balaban J connectivity index is 1.28. The predicted molar refractivity (Wildman–Crippen MR) is 100 cm³/mol. The van der Waals surface area contributed by atoms with Crippen LogP contribution in [0.5, 0.6) is 0 Å². The van der Waals surface area contributed by atoms with E-state index in [9.17, 15) is 9.59 Å². The van der Waals surface area contributed by atoms with E-state index in [0.717, 1.165) is 50.0 Å². The molecule has 0 radical (unpaired) electrons. The largest absolute Gasteiger partial charge is 0.339 e. The lowest BCUT2D eigenvalue weighted by Crippen LogP contribution is -2.61. The summed E-state index contributed by atoms with van der Waals surface area (Å²) >= 11 is 0. The van der Waals surface area contributed by atoms with Crippen LogP contribution in [0.25, 0.3) is 0 Å². The van der Waals surface area contributed by atoms with E-state index >= 15 is 0 Å². The van der Waals surface area contributed by atoms with Gasteiger partial charge in [-0.15, -0.1) is 5.10 Å². The Labute approximate surface area is 163 Å². The van der Waals surface area contributed by atoms with Crippen LogP contribution in [0.3, 0.4) is 0 Å². The standard InChI is InChI=1S/C20H24N6O2/c27-19-3-1-2-18-17-8-15(11-26(18)19)9-24(12-17)20(28)16-6-4-14(5-7-16)10-25-13-21-22-23-25/h4-7,13,15,17-18H,1-3,8-12H2. The smallest absolute Gasteiger partial charge is 0.253 e. The minimum absolute atomic E-state index is 0.0965. The fourth-order valence-electron chi connectivity index (χ4n) is 5.15. The van der Waals surface area contributed by atoms with E-state index in [0.29, 0.717) is 36.8 Å². The number of fused-ring (bicyclic) bond motifs is 4. The molecule has 0 saturated carbocycles. The molecule has 2 amide bonds. The molecule has 3 fully saturated rings. The number of carbonyl (C=O) groups excluding carboxylic acids is 2. The van der Waals surface area contributed by atoms with Gasteiger partial charge in [0.05, 0.1) is 6.54 Å². The zero-order chi connectivity index (χ0) is 19.1. The molecule has 0 N–H and O–H groups in total. The first kappa shape index (κ1) is 17.3. The highest BCUT2D eigenvalue weighted by Crippen LogP contribution is 2.38. The summed E-state index contributed by atoms with van der Waals surface area (Å²) in [6.07, 6.45) is 5.47. The SMILES string of the molecule is O=C(c1ccc(Cn2cnnn2)cc1)N1CC2CC(C1)C1CCCC(=O)N1C2. The summed E-state index contributed by atoms with van der Waals surface area (Å²) in [5.41, 5.74) is 1.77. The summed E-state index contributed by atoms with van der Waals surface area (Å²) in [6.45, 7) is 2.91. The van der Waals surface area contributed by atoms with Crippen LogP contribution in [0.1, 0.15) is 41.6 Å². The number of hydrogen-bond acceptors (Lipinski definition) is 5. The van der Waals surface area contributed by atoms with Crippen molar-refractivity contribution in [2.75, 3.05) is 19.6 Å². The number of likely N-dealkylation sites (tertiary alicyclic amines) is 1. The third-order valence-corrected chi connectivity index (χ3v) is 6.40. The number of hydrogen-bond donors (Lipinski definition) is 0. The van der Waals surface area contributed by atoms with Crippen molar-refractivity contribution in [3.05, 3.63) is 41.7 Å². The second kappa shape index (κ2) is 7.00. The van der Waals surface area contributed by atoms with Gasteiger partial charge in [-0.1, -0.05) is 12.1 Å². The Morgan fingerprint density at radius 1 is 1.14 bits per heavy atom. The molecule has 2 bridgehead atoms. The normalized spacial score (nSPS) is 26.9. The van der Waals surface area contributed by atoms with Gasteiger partial charge in [-0.05, 0) is 59.2 Å². The number of piperidine rings is 3. The summed E-state index contributed by atoms with van der Waals surface area (Å²) in [4.78, 5) is 29.5. The average Bonchev–Trinajstić information content (AvgIpc) is 3.22. The van der Waals surface area contributed by atoms with Crippen LogP contribution >= 0.6 is 0 Å². The Morgan fingerprint density at radius 3 is 2.79 bits per heavy atom. The maximum atomic E-state index is 13.1. The van der Waals surface area contributed by atoms with Gasteiger partial charge in [-0.2, -0.15) is 0 Å². The number of benzene rings is 1. The van der Waals surface area contributed by atoms with Crippen molar-refractivity contribution in [2.45, 2.75) is 38.3 Å². The van der Waals surface area contributed by atoms with E-state index in [1.165, 1.54) is 0 Å². The van der Waals surface area contributed by atoms with Gasteiger partial charge in [0.15, 0.2) is 0 Å². The Morgan fingerprint density at radius 2 is 2.00 bits per heavy atom. The summed E-state index contributed by atoms with van der Waals surface area (Å²) in [5.74, 6) is 1.23.